The fourth-order valence-electron chi connectivity index (χ4n) is 4.08. The van der Waals surface area contributed by atoms with Crippen LogP contribution in [0.2, 0.25) is 5.02 Å². The van der Waals surface area contributed by atoms with Gasteiger partial charge in [-0.15, -0.1) is 0 Å². The van der Waals surface area contributed by atoms with Gasteiger partial charge in [0.2, 0.25) is 0 Å². The number of aryl methyl sites for hydroxylation is 1. The number of piperidine rings is 1. The summed E-state index contributed by atoms with van der Waals surface area (Å²) in [7, 11) is 0. The highest BCUT2D eigenvalue weighted by atomic mass is 35.5. The van der Waals surface area contributed by atoms with E-state index in [1.807, 2.05) is 36.1 Å². The molecule has 30 heavy (non-hydrogen) atoms. The summed E-state index contributed by atoms with van der Waals surface area (Å²) in [6.07, 6.45) is 6.93. The number of nitrogens with zero attached hydrogens (tertiary/aromatic N) is 5. The summed E-state index contributed by atoms with van der Waals surface area (Å²) in [6, 6.07) is 9.49. The van der Waals surface area contributed by atoms with E-state index in [1.165, 1.54) is 4.80 Å². The third kappa shape index (κ3) is 4.16. The van der Waals surface area contributed by atoms with Crippen LogP contribution in [-0.4, -0.2) is 49.9 Å². The molecule has 1 fully saturated rings. The van der Waals surface area contributed by atoms with Crippen molar-refractivity contribution < 1.29 is 4.79 Å². The van der Waals surface area contributed by atoms with Gasteiger partial charge in [-0.25, -0.2) is 4.98 Å². The van der Waals surface area contributed by atoms with Gasteiger partial charge in [0, 0.05) is 19.3 Å². The van der Waals surface area contributed by atoms with E-state index < -0.39 is 0 Å². The first-order chi connectivity index (χ1) is 14.5. The molecular weight excluding hydrogens is 400 g/mol. The SMILES string of the molecule is Cc1cccc(-n2nccn2)c1C(=O)N1CCCC(C)C1CNc1ccc(Cl)cn1. The Labute approximate surface area is 181 Å². The summed E-state index contributed by atoms with van der Waals surface area (Å²) < 4.78 is 0. The van der Waals surface area contributed by atoms with Crippen molar-refractivity contribution in [3.63, 3.8) is 0 Å². The number of likely N-dealkylation sites (tertiary alicyclic amines) is 1. The van der Waals surface area contributed by atoms with Crippen LogP contribution in [0.4, 0.5) is 5.82 Å². The first-order valence-corrected chi connectivity index (χ1v) is 10.5. The van der Waals surface area contributed by atoms with Crippen molar-refractivity contribution in [3.8, 4) is 5.69 Å². The minimum absolute atomic E-state index is 0.0165. The molecule has 4 rings (SSSR count). The number of aromatic nitrogens is 4. The molecule has 0 aliphatic carbocycles. The number of benzene rings is 1. The van der Waals surface area contributed by atoms with E-state index in [2.05, 4.69) is 27.4 Å². The number of hydrogen-bond acceptors (Lipinski definition) is 5. The topological polar surface area (TPSA) is 75.9 Å². The molecule has 0 radical (unpaired) electrons. The van der Waals surface area contributed by atoms with Crippen molar-refractivity contribution in [2.45, 2.75) is 32.7 Å². The summed E-state index contributed by atoms with van der Waals surface area (Å²) in [5.74, 6) is 1.14. The number of carbonyl (C=O) groups is 1. The third-order valence-electron chi connectivity index (χ3n) is 5.70. The van der Waals surface area contributed by atoms with Crippen molar-refractivity contribution in [1.82, 2.24) is 24.9 Å². The zero-order chi connectivity index (χ0) is 21.1. The first kappa shape index (κ1) is 20.3. The molecule has 1 saturated heterocycles. The second kappa shape index (κ2) is 8.83. The Kier molecular flexibility index (Phi) is 5.99. The number of amides is 1. The molecule has 0 spiro atoms. The predicted octanol–water partition coefficient (Wildman–Crippen LogP) is 3.98. The van der Waals surface area contributed by atoms with Gasteiger partial charge in [0.1, 0.15) is 5.82 Å². The number of anilines is 1. The average Bonchev–Trinajstić information content (AvgIpc) is 3.28. The molecule has 0 saturated carbocycles. The minimum atomic E-state index is 0.0165. The molecular formula is C22H25ClN6O. The molecule has 156 valence electrons. The first-order valence-electron chi connectivity index (χ1n) is 10.2. The van der Waals surface area contributed by atoms with Crippen LogP contribution in [-0.2, 0) is 0 Å². The summed E-state index contributed by atoms with van der Waals surface area (Å²) >= 11 is 5.93. The molecule has 2 atom stereocenters. The fourth-order valence-corrected chi connectivity index (χ4v) is 4.19. The Hall–Kier alpha value is -2.93. The number of halogens is 1. The smallest absolute Gasteiger partial charge is 0.256 e. The lowest BCUT2D eigenvalue weighted by Gasteiger charge is -2.40. The highest BCUT2D eigenvalue weighted by Gasteiger charge is 2.34. The number of hydrogen-bond donors (Lipinski definition) is 1. The molecule has 1 aliphatic rings. The summed E-state index contributed by atoms with van der Waals surface area (Å²) in [5.41, 5.74) is 2.27. The zero-order valence-electron chi connectivity index (χ0n) is 17.1. The maximum atomic E-state index is 13.7. The Morgan fingerprint density at radius 1 is 1.23 bits per heavy atom. The van der Waals surface area contributed by atoms with Crippen molar-refractivity contribution in [2.24, 2.45) is 5.92 Å². The van der Waals surface area contributed by atoms with Gasteiger partial charge in [0.15, 0.2) is 0 Å². The van der Waals surface area contributed by atoms with Crippen LogP contribution in [0.1, 0.15) is 35.7 Å². The normalized spacial score (nSPS) is 19.0. The quantitative estimate of drug-likeness (QED) is 0.670. The Morgan fingerprint density at radius 3 is 2.77 bits per heavy atom. The van der Waals surface area contributed by atoms with Crippen molar-refractivity contribution >= 4 is 23.3 Å². The van der Waals surface area contributed by atoms with E-state index in [4.69, 9.17) is 11.6 Å². The second-order valence-electron chi connectivity index (χ2n) is 7.72. The van der Waals surface area contributed by atoms with Crippen LogP contribution >= 0.6 is 11.6 Å². The lowest BCUT2D eigenvalue weighted by Crippen LogP contribution is -2.51. The zero-order valence-corrected chi connectivity index (χ0v) is 17.9. The lowest BCUT2D eigenvalue weighted by molar-refractivity contribution is 0.0539. The molecule has 7 nitrogen and oxygen atoms in total. The Bertz CT molecular complexity index is 1000. The third-order valence-corrected chi connectivity index (χ3v) is 5.92. The van der Waals surface area contributed by atoms with Crippen LogP contribution < -0.4 is 5.32 Å². The molecule has 1 aromatic carbocycles. The molecule has 8 heteroatoms. The average molecular weight is 425 g/mol. The van der Waals surface area contributed by atoms with Gasteiger partial charge in [-0.2, -0.15) is 15.0 Å². The van der Waals surface area contributed by atoms with E-state index >= 15 is 0 Å². The molecule has 2 unspecified atom stereocenters. The summed E-state index contributed by atoms with van der Waals surface area (Å²) in [6.45, 7) is 5.51. The van der Waals surface area contributed by atoms with Gasteiger partial charge in [-0.05, 0) is 49.4 Å². The van der Waals surface area contributed by atoms with Crippen LogP contribution in [0.25, 0.3) is 5.69 Å². The van der Waals surface area contributed by atoms with Gasteiger partial charge in [0.25, 0.3) is 5.91 Å². The largest absolute Gasteiger partial charge is 0.368 e. The Balaban J connectivity index is 1.61. The molecule has 1 amide bonds. The monoisotopic (exact) mass is 424 g/mol. The maximum absolute atomic E-state index is 13.7. The number of carbonyl (C=O) groups excluding carboxylic acids is 1. The van der Waals surface area contributed by atoms with Gasteiger partial charge < -0.3 is 10.2 Å². The lowest BCUT2D eigenvalue weighted by atomic mass is 9.89. The van der Waals surface area contributed by atoms with Crippen LogP contribution in [0.5, 0.6) is 0 Å². The standard InChI is InChI=1S/C22H25ClN6O/c1-15-6-4-12-28(19(15)14-25-20-9-8-17(23)13-24-20)22(30)21-16(2)5-3-7-18(21)29-26-10-11-27-29/h3,5,7-11,13,15,19H,4,6,12,14H2,1-2H3,(H,24,25). The van der Waals surface area contributed by atoms with Crippen molar-refractivity contribution in [1.29, 1.82) is 0 Å². The van der Waals surface area contributed by atoms with Gasteiger partial charge in [-0.3, -0.25) is 4.79 Å². The number of rotatable bonds is 5. The highest BCUT2D eigenvalue weighted by Crippen LogP contribution is 2.28. The molecule has 2 aromatic heterocycles. The van der Waals surface area contributed by atoms with Crippen LogP contribution in [0, 0.1) is 12.8 Å². The van der Waals surface area contributed by atoms with Crippen molar-refractivity contribution in [3.05, 3.63) is 65.1 Å². The van der Waals surface area contributed by atoms with Crippen LogP contribution in [0.15, 0.2) is 48.9 Å². The van der Waals surface area contributed by atoms with Gasteiger partial charge >= 0.3 is 0 Å². The summed E-state index contributed by atoms with van der Waals surface area (Å²) in [4.78, 5) is 21.6. The van der Waals surface area contributed by atoms with Crippen molar-refractivity contribution in [2.75, 3.05) is 18.4 Å². The van der Waals surface area contributed by atoms with Gasteiger partial charge in [0.05, 0.1) is 34.7 Å². The van der Waals surface area contributed by atoms with E-state index in [0.717, 1.165) is 30.8 Å². The fraction of sp³-hybridized carbons (Fsp3) is 0.364. The second-order valence-corrected chi connectivity index (χ2v) is 8.15. The molecule has 3 heterocycles. The van der Waals surface area contributed by atoms with E-state index in [9.17, 15) is 4.79 Å². The number of pyridine rings is 1. The van der Waals surface area contributed by atoms with E-state index in [-0.39, 0.29) is 11.9 Å². The van der Waals surface area contributed by atoms with Gasteiger partial charge in [-0.1, -0.05) is 30.7 Å². The maximum Gasteiger partial charge on any atom is 0.256 e. The Morgan fingerprint density at radius 2 is 2.03 bits per heavy atom. The predicted molar refractivity (Wildman–Crippen MR) is 117 cm³/mol. The highest BCUT2D eigenvalue weighted by molar-refractivity contribution is 6.30. The minimum Gasteiger partial charge on any atom is -0.368 e. The molecule has 0 bridgehead atoms. The van der Waals surface area contributed by atoms with Crippen LogP contribution in [0.3, 0.4) is 0 Å². The molecule has 3 aromatic rings. The number of nitrogens with one attached hydrogen (secondary N) is 1. The van der Waals surface area contributed by atoms with E-state index in [0.29, 0.717) is 28.7 Å². The van der Waals surface area contributed by atoms with E-state index in [1.54, 1.807) is 24.7 Å². The summed E-state index contributed by atoms with van der Waals surface area (Å²) in [5, 5.41) is 12.4. The molecule has 1 N–H and O–H groups in total. The molecule has 1 aliphatic heterocycles.